The number of benzene rings is 2. The molecule has 0 spiro atoms. The zero-order valence-electron chi connectivity index (χ0n) is 26.3. The lowest BCUT2D eigenvalue weighted by Crippen LogP contribution is -2.44. The highest BCUT2D eigenvalue weighted by atomic mass is 35.5. The number of fused-ring (bicyclic) bond motifs is 1. The number of aryl methyl sites for hydroxylation is 1. The summed E-state index contributed by atoms with van der Waals surface area (Å²) in [5.74, 6) is 6.53. The van der Waals surface area contributed by atoms with Crippen molar-refractivity contribution in [2.75, 3.05) is 39.1 Å². The molecule has 2 aliphatic heterocycles. The topological polar surface area (TPSA) is 79.7 Å². The Morgan fingerprint density at radius 2 is 1.89 bits per heavy atom. The molecule has 2 aliphatic rings. The lowest BCUT2D eigenvalue weighted by atomic mass is 10.0. The number of morpholine rings is 1. The number of thiophene rings is 1. The van der Waals surface area contributed by atoms with E-state index >= 15 is 0 Å². The predicted molar refractivity (Wildman–Crippen MR) is 185 cm³/mol. The van der Waals surface area contributed by atoms with Crippen LogP contribution in [0.15, 0.2) is 59.3 Å². The van der Waals surface area contributed by atoms with Crippen LogP contribution in [0.2, 0.25) is 5.02 Å². The first-order valence-corrected chi connectivity index (χ1v) is 18.9. The average molecular weight is 678 g/mol. The number of ether oxygens (including phenoxy) is 1. The van der Waals surface area contributed by atoms with Gasteiger partial charge in [0.1, 0.15) is 0 Å². The highest BCUT2D eigenvalue weighted by molar-refractivity contribution is 7.88. The molecule has 1 fully saturated rings. The quantitative estimate of drug-likeness (QED) is 0.227. The van der Waals surface area contributed by atoms with E-state index in [1.807, 2.05) is 30.3 Å². The highest BCUT2D eigenvalue weighted by Crippen LogP contribution is 2.33. The molecular formula is C35H40ClN5O3S2. The lowest BCUT2D eigenvalue weighted by Gasteiger charge is -2.33. The van der Waals surface area contributed by atoms with Gasteiger partial charge in [0.25, 0.3) is 0 Å². The summed E-state index contributed by atoms with van der Waals surface area (Å²) in [6.07, 6.45) is 2.85. The van der Waals surface area contributed by atoms with E-state index in [0.29, 0.717) is 36.1 Å². The predicted octanol–water partition coefficient (Wildman–Crippen LogP) is 5.38. The fraction of sp³-hybridized carbons (Fsp3) is 0.400. The maximum atomic E-state index is 12.5. The molecule has 2 aromatic carbocycles. The molecule has 1 N–H and O–H groups in total. The number of rotatable bonds is 10. The maximum absolute atomic E-state index is 12.5. The Morgan fingerprint density at radius 3 is 2.65 bits per heavy atom. The van der Waals surface area contributed by atoms with Crippen molar-refractivity contribution in [3.05, 3.63) is 97.8 Å². The van der Waals surface area contributed by atoms with Crippen LogP contribution in [0.5, 0.6) is 0 Å². The molecule has 8 nitrogen and oxygen atoms in total. The van der Waals surface area contributed by atoms with E-state index < -0.39 is 10.0 Å². The Morgan fingerprint density at radius 1 is 1.07 bits per heavy atom. The third-order valence-corrected chi connectivity index (χ3v) is 11.0. The van der Waals surface area contributed by atoms with Gasteiger partial charge in [-0.2, -0.15) is 20.7 Å². The minimum Gasteiger partial charge on any atom is -0.379 e. The van der Waals surface area contributed by atoms with Crippen LogP contribution in [0, 0.1) is 11.8 Å². The summed E-state index contributed by atoms with van der Waals surface area (Å²) >= 11 is 8.33. The summed E-state index contributed by atoms with van der Waals surface area (Å²) in [7, 11) is -3.34. The average Bonchev–Trinajstić information content (AvgIpc) is 3.70. The van der Waals surface area contributed by atoms with Gasteiger partial charge in [-0.25, -0.2) is 8.42 Å². The van der Waals surface area contributed by atoms with Crippen molar-refractivity contribution in [3.63, 3.8) is 0 Å². The first kappa shape index (κ1) is 32.9. The van der Waals surface area contributed by atoms with Gasteiger partial charge in [-0.15, -0.1) is 0 Å². The smallest absolute Gasteiger partial charge is 0.211 e. The van der Waals surface area contributed by atoms with Crippen LogP contribution in [0.1, 0.15) is 46.9 Å². The number of sulfonamides is 1. The third-order valence-electron chi connectivity index (χ3n) is 8.66. The van der Waals surface area contributed by atoms with Gasteiger partial charge >= 0.3 is 0 Å². The SMILES string of the molecule is C[C@H]1COCCN1CCCn1nc(-c2ccc(Cl)c(C#Cc3ccc(CNCc4ccsc4)cc3)c2)c2c1CCN(S(C)(=O)=O)C2. The molecule has 1 saturated heterocycles. The van der Waals surface area contributed by atoms with Gasteiger partial charge in [0.05, 0.1) is 30.2 Å². The van der Waals surface area contributed by atoms with Gasteiger partial charge in [-0.3, -0.25) is 9.58 Å². The summed E-state index contributed by atoms with van der Waals surface area (Å²) < 4.78 is 34.3. The normalized spacial score (nSPS) is 17.4. The van der Waals surface area contributed by atoms with E-state index in [1.165, 1.54) is 21.7 Å². The van der Waals surface area contributed by atoms with E-state index in [1.54, 1.807) is 11.3 Å². The molecule has 242 valence electrons. The molecule has 0 radical (unpaired) electrons. The van der Waals surface area contributed by atoms with Crippen molar-refractivity contribution in [1.29, 1.82) is 0 Å². The molecule has 0 amide bonds. The van der Waals surface area contributed by atoms with E-state index in [4.69, 9.17) is 21.4 Å². The van der Waals surface area contributed by atoms with Crippen LogP contribution in [0.3, 0.4) is 0 Å². The Bertz CT molecular complexity index is 1810. The number of nitrogens with one attached hydrogen (secondary N) is 1. The lowest BCUT2D eigenvalue weighted by molar-refractivity contribution is -0.00122. The standard InChI is InChI=1S/C35H40ClN5O3S2/c1-26-24-44-18-17-39(26)14-3-15-41-34-12-16-40(46(2,42)43)23-32(34)35(38-41)31-10-11-33(36)30(20-31)9-8-27-4-6-28(7-5-27)21-37-22-29-13-19-45-25-29/h4-7,10-11,13,19-20,25-26,37H,3,12,14-18,21-24H2,1-2H3/t26-/m0/s1. The summed E-state index contributed by atoms with van der Waals surface area (Å²) in [6.45, 7) is 8.83. The van der Waals surface area contributed by atoms with Crippen LogP contribution in [-0.2, 0) is 47.4 Å². The van der Waals surface area contributed by atoms with Crippen LogP contribution >= 0.6 is 22.9 Å². The number of nitrogens with zero attached hydrogens (tertiary/aromatic N) is 4. The van der Waals surface area contributed by atoms with Crippen LogP contribution in [0.4, 0.5) is 0 Å². The molecule has 2 aromatic heterocycles. The van der Waals surface area contributed by atoms with Crippen molar-refractivity contribution in [2.24, 2.45) is 0 Å². The molecule has 46 heavy (non-hydrogen) atoms. The minimum atomic E-state index is -3.34. The molecule has 6 rings (SSSR count). The number of hydrogen-bond acceptors (Lipinski definition) is 7. The van der Waals surface area contributed by atoms with Crippen LogP contribution in [-0.4, -0.2) is 72.5 Å². The van der Waals surface area contributed by atoms with Crippen molar-refractivity contribution in [1.82, 2.24) is 24.3 Å². The number of aromatic nitrogens is 2. The Balaban J connectivity index is 1.20. The summed E-state index contributed by atoms with van der Waals surface area (Å²) in [6, 6.07) is 16.6. The Hall–Kier alpha value is -3.01. The fourth-order valence-corrected chi connectivity index (χ4v) is 7.66. The molecule has 1 atom stereocenters. The number of halogens is 1. The Labute approximate surface area is 281 Å². The van der Waals surface area contributed by atoms with Crippen molar-refractivity contribution < 1.29 is 13.2 Å². The zero-order valence-corrected chi connectivity index (χ0v) is 28.7. The fourth-order valence-electron chi connectivity index (χ4n) is 6.04. The highest BCUT2D eigenvalue weighted by Gasteiger charge is 2.30. The molecule has 0 bridgehead atoms. The van der Waals surface area contributed by atoms with Crippen molar-refractivity contribution >= 4 is 33.0 Å². The van der Waals surface area contributed by atoms with E-state index in [-0.39, 0.29) is 0 Å². The van der Waals surface area contributed by atoms with Crippen molar-refractivity contribution in [3.8, 4) is 23.1 Å². The Kier molecular flexibility index (Phi) is 10.6. The van der Waals surface area contributed by atoms with Crippen LogP contribution in [0.25, 0.3) is 11.3 Å². The van der Waals surface area contributed by atoms with Gasteiger partial charge in [0.15, 0.2) is 0 Å². The van der Waals surface area contributed by atoms with Gasteiger partial charge in [-0.05, 0) is 65.6 Å². The third kappa shape index (κ3) is 8.09. The first-order chi connectivity index (χ1) is 22.2. The van der Waals surface area contributed by atoms with Gasteiger partial charge in [0.2, 0.25) is 10.0 Å². The molecule has 0 aliphatic carbocycles. The van der Waals surface area contributed by atoms with E-state index in [2.05, 4.69) is 62.6 Å². The van der Waals surface area contributed by atoms with Gasteiger partial charge < -0.3 is 10.1 Å². The molecule has 4 heterocycles. The largest absolute Gasteiger partial charge is 0.379 e. The second-order valence-electron chi connectivity index (χ2n) is 12.0. The maximum Gasteiger partial charge on any atom is 0.211 e. The second-order valence-corrected chi connectivity index (χ2v) is 15.2. The minimum absolute atomic E-state index is 0.308. The van der Waals surface area contributed by atoms with Crippen molar-refractivity contribution in [2.45, 2.75) is 52.0 Å². The second kappa shape index (κ2) is 14.8. The monoisotopic (exact) mass is 677 g/mol. The van der Waals surface area contributed by atoms with Gasteiger partial charge in [0, 0.05) is 86.2 Å². The molecule has 4 aromatic rings. The van der Waals surface area contributed by atoms with E-state index in [0.717, 1.165) is 80.4 Å². The summed E-state index contributed by atoms with van der Waals surface area (Å²) in [5, 5.41) is 13.4. The first-order valence-electron chi connectivity index (χ1n) is 15.7. The summed E-state index contributed by atoms with van der Waals surface area (Å²) in [4.78, 5) is 2.46. The summed E-state index contributed by atoms with van der Waals surface area (Å²) in [5.41, 5.74) is 7.85. The number of hydrogen-bond donors (Lipinski definition) is 1. The van der Waals surface area contributed by atoms with Crippen LogP contribution < -0.4 is 5.32 Å². The molecule has 11 heteroatoms. The molecular weight excluding hydrogens is 638 g/mol. The zero-order chi connectivity index (χ0) is 32.1. The molecule has 0 unspecified atom stereocenters. The van der Waals surface area contributed by atoms with Gasteiger partial charge in [-0.1, -0.05) is 41.6 Å². The van der Waals surface area contributed by atoms with E-state index in [9.17, 15) is 8.42 Å². The molecule has 0 saturated carbocycles.